The summed E-state index contributed by atoms with van der Waals surface area (Å²) < 4.78 is 2.03. The molecule has 20 heavy (non-hydrogen) atoms. The van der Waals surface area contributed by atoms with E-state index in [9.17, 15) is 0 Å². The van der Waals surface area contributed by atoms with Gasteiger partial charge < -0.3 is 5.73 Å². The lowest BCUT2D eigenvalue weighted by Crippen LogP contribution is -2.15. The molecule has 5 nitrogen and oxygen atoms in total. The molecule has 0 radical (unpaired) electrons. The van der Waals surface area contributed by atoms with Crippen LogP contribution in [0.1, 0.15) is 49.8 Å². The fourth-order valence-electron chi connectivity index (χ4n) is 2.58. The lowest BCUT2D eigenvalue weighted by Gasteiger charge is -2.15. The van der Waals surface area contributed by atoms with Crippen LogP contribution in [0.4, 0.5) is 0 Å². The molecule has 2 heterocycles. The van der Waals surface area contributed by atoms with Crippen LogP contribution < -0.4 is 5.73 Å². The average Bonchev–Trinajstić information content (AvgIpc) is 2.93. The molecule has 0 spiro atoms. The zero-order chi connectivity index (χ0) is 14.5. The van der Waals surface area contributed by atoms with E-state index >= 15 is 0 Å². The average molecular weight is 273 g/mol. The van der Waals surface area contributed by atoms with E-state index < -0.39 is 0 Å². The Hall–Kier alpha value is -1.75. The van der Waals surface area contributed by atoms with Crippen molar-refractivity contribution in [3.8, 4) is 5.82 Å². The standard InChI is InChI=1S/C15H23N5/c1-4-7-14-17-8-9-20(14)15-12(10-16)11(5-2)13(6-3)18-19-15/h8-9H,4-7,10,16H2,1-3H3. The van der Waals surface area contributed by atoms with Crippen molar-refractivity contribution in [2.75, 3.05) is 0 Å². The van der Waals surface area contributed by atoms with Gasteiger partial charge in [-0.25, -0.2) is 4.98 Å². The van der Waals surface area contributed by atoms with Crippen molar-refractivity contribution in [1.82, 2.24) is 19.7 Å². The zero-order valence-corrected chi connectivity index (χ0v) is 12.6. The Morgan fingerprint density at radius 3 is 2.50 bits per heavy atom. The van der Waals surface area contributed by atoms with E-state index in [4.69, 9.17) is 5.73 Å². The van der Waals surface area contributed by atoms with Crippen molar-refractivity contribution < 1.29 is 0 Å². The van der Waals surface area contributed by atoms with Gasteiger partial charge in [0.25, 0.3) is 0 Å². The van der Waals surface area contributed by atoms with E-state index in [1.165, 1.54) is 5.56 Å². The predicted octanol–water partition coefficient (Wildman–Crippen LogP) is 2.20. The molecule has 0 atom stereocenters. The number of hydrogen-bond donors (Lipinski definition) is 1. The van der Waals surface area contributed by atoms with E-state index in [0.29, 0.717) is 6.54 Å². The van der Waals surface area contributed by atoms with E-state index in [-0.39, 0.29) is 0 Å². The summed E-state index contributed by atoms with van der Waals surface area (Å²) in [7, 11) is 0. The highest BCUT2D eigenvalue weighted by Gasteiger charge is 2.16. The van der Waals surface area contributed by atoms with Gasteiger partial charge in [0, 0.05) is 30.9 Å². The first kappa shape index (κ1) is 14.7. The molecule has 0 aliphatic rings. The molecule has 108 valence electrons. The summed E-state index contributed by atoms with van der Waals surface area (Å²) in [5, 5.41) is 8.79. The number of imidazole rings is 1. The number of aryl methyl sites for hydroxylation is 2. The minimum atomic E-state index is 0.477. The SMILES string of the molecule is CCCc1nccn1-c1nnc(CC)c(CC)c1CN. The number of nitrogens with zero attached hydrogens (tertiary/aromatic N) is 4. The van der Waals surface area contributed by atoms with Crippen molar-refractivity contribution in [3.63, 3.8) is 0 Å². The maximum Gasteiger partial charge on any atom is 0.165 e. The van der Waals surface area contributed by atoms with Gasteiger partial charge in [0.15, 0.2) is 5.82 Å². The van der Waals surface area contributed by atoms with E-state index in [2.05, 4.69) is 36.0 Å². The van der Waals surface area contributed by atoms with Gasteiger partial charge >= 0.3 is 0 Å². The molecular weight excluding hydrogens is 250 g/mol. The number of aromatic nitrogens is 4. The summed E-state index contributed by atoms with van der Waals surface area (Å²) in [4.78, 5) is 4.41. The Morgan fingerprint density at radius 1 is 1.10 bits per heavy atom. The maximum atomic E-state index is 5.98. The highest BCUT2D eigenvalue weighted by atomic mass is 15.2. The summed E-state index contributed by atoms with van der Waals surface area (Å²) in [6.07, 6.45) is 7.54. The summed E-state index contributed by atoms with van der Waals surface area (Å²) in [5.41, 5.74) is 9.35. The first-order valence-corrected chi connectivity index (χ1v) is 7.36. The minimum Gasteiger partial charge on any atom is -0.326 e. The van der Waals surface area contributed by atoms with Gasteiger partial charge in [-0.1, -0.05) is 20.8 Å². The number of nitrogens with two attached hydrogens (primary N) is 1. The van der Waals surface area contributed by atoms with Crippen LogP contribution in [0.15, 0.2) is 12.4 Å². The topological polar surface area (TPSA) is 69.6 Å². The molecule has 5 heteroatoms. The lowest BCUT2D eigenvalue weighted by molar-refractivity contribution is 0.753. The molecule has 0 aliphatic heterocycles. The molecule has 2 aromatic heterocycles. The van der Waals surface area contributed by atoms with Gasteiger partial charge in [-0.15, -0.1) is 5.10 Å². The third-order valence-electron chi connectivity index (χ3n) is 3.56. The van der Waals surface area contributed by atoms with Crippen LogP contribution >= 0.6 is 0 Å². The summed E-state index contributed by atoms with van der Waals surface area (Å²) in [6.45, 7) is 6.86. The van der Waals surface area contributed by atoms with E-state index in [1.807, 2.05) is 17.0 Å². The summed E-state index contributed by atoms with van der Waals surface area (Å²) in [5.74, 6) is 1.85. The van der Waals surface area contributed by atoms with Gasteiger partial charge in [0.2, 0.25) is 0 Å². The van der Waals surface area contributed by atoms with Crippen LogP contribution in [0.25, 0.3) is 5.82 Å². The molecule has 0 aliphatic carbocycles. The molecule has 0 bridgehead atoms. The molecule has 0 unspecified atom stereocenters. The van der Waals surface area contributed by atoms with Crippen molar-refractivity contribution in [1.29, 1.82) is 0 Å². The van der Waals surface area contributed by atoms with Gasteiger partial charge in [-0.3, -0.25) is 4.57 Å². The smallest absolute Gasteiger partial charge is 0.165 e. The lowest BCUT2D eigenvalue weighted by atomic mass is 10.0. The molecule has 0 saturated carbocycles. The fraction of sp³-hybridized carbons (Fsp3) is 0.533. The van der Waals surface area contributed by atoms with Crippen LogP contribution in [0, 0.1) is 0 Å². The van der Waals surface area contributed by atoms with Crippen molar-refractivity contribution in [2.24, 2.45) is 5.73 Å². The zero-order valence-electron chi connectivity index (χ0n) is 12.6. The van der Waals surface area contributed by atoms with Gasteiger partial charge in [-0.05, 0) is 24.8 Å². The molecule has 2 N–H and O–H groups in total. The Balaban J connectivity index is 2.59. The third-order valence-corrected chi connectivity index (χ3v) is 3.56. The fourth-order valence-corrected chi connectivity index (χ4v) is 2.58. The third kappa shape index (κ3) is 2.58. The molecule has 0 fully saturated rings. The van der Waals surface area contributed by atoms with Crippen LogP contribution in [-0.2, 0) is 25.8 Å². The van der Waals surface area contributed by atoms with Crippen LogP contribution in [0.5, 0.6) is 0 Å². The molecule has 2 rings (SSSR count). The number of rotatable bonds is 6. The van der Waals surface area contributed by atoms with Crippen LogP contribution in [-0.4, -0.2) is 19.7 Å². The minimum absolute atomic E-state index is 0.477. The van der Waals surface area contributed by atoms with Crippen LogP contribution in [0.3, 0.4) is 0 Å². The van der Waals surface area contributed by atoms with Gasteiger partial charge in [-0.2, -0.15) is 5.10 Å². The van der Waals surface area contributed by atoms with Crippen molar-refractivity contribution in [3.05, 3.63) is 35.0 Å². The highest BCUT2D eigenvalue weighted by molar-refractivity contribution is 5.42. The Labute approximate surface area is 120 Å². The monoisotopic (exact) mass is 273 g/mol. The Morgan fingerprint density at radius 2 is 1.90 bits per heavy atom. The second kappa shape index (κ2) is 6.61. The quantitative estimate of drug-likeness (QED) is 0.876. The second-order valence-corrected chi connectivity index (χ2v) is 4.80. The Kier molecular flexibility index (Phi) is 4.84. The second-order valence-electron chi connectivity index (χ2n) is 4.80. The predicted molar refractivity (Wildman–Crippen MR) is 79.8 cm³/mol. The van der Waals surface area contributed by atoms with E-state index in [1.54, 1.807) is 0 Å². The Bertz CT molecular complexity index is 574. The highest BCUT2D eigenvalue weighted by Crippen LogP contribution is 2.21. The maximum absolute atomic E-state index is 5.98. The van der Waals surface area contributed by atoms with Gasteiger partial charge in [0.1, 0.15) is 5.82 Å². The molecule has 0 saturated heterocycles. The normalized spacial score (nSPS) is 11.0. The molecular formula is C15H23N5. The van der Waals surface area contributed by atoms with Crippen molar-refractivity contribution in [2.45, 2.75) is 53.0 Å². The summed E-state index contributed by atoms with van der Waals surface area (Å²) in [6, 6.07) is 0. The first-order valence-electron chi connectivity index (χ1n) is 7.36. The first-order chi connectivity index (χ1) is 9.76. The van der Waals surface area contributed by atoms with Crippen LogP contribution in [0.2, 0.25) is 0 Å². The van der Waals surface area contributed by atoms with Crippen molar-refractivity contribution >= 4 is 0 Å². The van der Waals surface area contributed by atoms with E-state index in [0.717, 1.165) is 48.6 Å². The molecule has 0 aromatic carbocycles. The molecule has 2 aromatic rings. The number of hydrogen-bond acceptors (Lipinski definition) is 4. The molecule has 0 amide bonds. The van der Waals surface area contributed by atoms with Gasteiger partial charge in [0.05, 0.1) is 5.69 Å². The summed E-state index contributed by atoms with van der Waals surface area (Å²) >= 11 is 0. The largest absolute Gasteiger partial charge is 0.326 e.